The second-order valence-corrected chi connectivity index (χ2v) is 11.0. The van der Waals surface area contributed by atoms with E-state index in [1.54, 1.807) is 37.8 Å². The molecule has 11 nitrogen and oxygen atoms in total. The average molecular weight is 585 g/mol. The number of nitrogens with one attached hydrogen (secondary N) is 2. The highest BCUT2D eigenvalue weighted by atomic mass is 16.5. The number of methoxy groups -OCH3 is 1. The number of amides is 2. The molecule has 0 saturated heterocycles. The van der Waals surface area contributed by atoms with Gasteiger partial charge in [0, 0.05) is 62.4 Å². The van der Waals surface area contributed by atoms with Crippen molar-refractivity contribution in [3.8, 4) is 11.3 Å². The van der Waals surface area contributed by atoms with Crippen molar-refractivity contribution in [1.82, 2.24) is 29.6 Å². The Kier molecular flexibility index (Phi) is 10.2. The number of aryl methyl sites for hydroxylation is 1. The quantitative estimate of drug-likeness (QED) is 0.209. The summed E-state index contributed by atoms with van der Waals surface area (Å²) in [6, 6.07) is 7.15. The zero-order chi connectivity index (χ0) is 31.1. The predicted molar refractivity (Wildman–Crippen MR) is 169 cm³/mol. The third kappa shape index (κ3) is 7.62. The lowest BCUT2D eigenvalue weighted by atomic mass is 9.97. The van der Waals surface area contributed by atoms with Crippen LogP contribution in [0.3, 0.4) is 0 Å². The first-order valence-electron chi connectivity index (χ1n) is 14.2. The monoisotopic (exact) mass is 584 g/mol. The van der Waals surface area contributed by atoms with Crippen molar-refractivity contribution in [1.29, 1.82) is 0 Å². The molecule has 3 heterocycles. The molecule has 4 aromatic rings. The normalized spacial score (nSPS) is 12.4. The summed E-state index contributed by atoms with van der Waals surface area (Å²) in [6.07, 6.45) is 10.2. The highest BCUT2D eigenvalue weighted by Crippen LogP contribution is 2.31. The van der Waals surface area contributed by atoms with Gasteiger partial charge in [0.05, 0.1) is 11.6 Å². The van der Waals surface area contributed by atoms with Crippen LogP contribution in [-0.4, -0.2) is 70.4 Å². The molecule has 4 N–H and O–H groups in total. The number of fused-ring (bicyclic) bond motifs is 1. The standard InChI is InChI=1S/C32H40N8O3/c1-20(2)25-10-9-24(16-21(25)3)36-32(42)23-17-22(18-34-19-23)28-29-30(33)35-12-14-40(29)31(38-28)26(11-15-43-6)37-27(41)8-7-13-39(4)5/h7-10,12,14,16-20,26H,11,13,15H2,1-6H3,(H2,33,35)(H,36,42)(H,37,41)/b8-7+/t26-/m0/s1. The van der Waals surface area contributed by atoms with Crippen LogP contribution in [0, 0.1) is 6.92 Å². The number of ether oxygens (including phenoxy) is 1. The van der Waals surface area contributed by atoms with E-state index < -0.39 is 6.04 Å². The number of nitrogen functional groups attached to an aromatic ring is 1. The molecule has 0 aliphatic carbocycles. The number of hydrogen-bond acceptors (Lipinski definition) is 8. The van der Waals surface area contributed by atoms with E-state index in [-0.39, 0.29) is 17.6 Å². The van der Waals surface area contributed by atoms with Gasteiger partial charge in [-0.3, -0.25) is 19.0 Å². The SMILES string of the molecule is COCC[C@H](NC(=O)/C=C/CN(C)C)c1nc(-c2cncc(C(=O)Nc3ccc(C(C)C)c(C)c3)c2)c2c(N)nccn12. The molecule has 0 unspecified atom stereocenters. The second-order valence-electron chi connectivity index (χ2n) is 11.0. The van der Waals surface area contributed by atoms with E-state index in [0.717, 1.165) is 5.56 Å². The zero-order valence-electron chi connectivity index (χ0n) is 25.6. The Balaban J connectivity index is 1.68. The molecule has 3 aromatic heterocycles. The van der Waals surface area contributed by atoms with Crippen molar-refractivity contribution in [2.75, 3.05) is 45.4 Å². The molecule has 226 valence electrons. The number of imidazole rings is 1. The topological polar surface area (TPSA) is 140 Å². The fourth-order valence-corrected chi connectivity index (χ4v) is 4.92. The number of rotatable bonds is 12. The molecule has 0 aliphatic heterocycles. The molecule has 0 spiro atoms. The van der Waals surface area contributed by atoms with Crippen LogP contribution in [0.1, 0.15) is 59.5 Å². The van der Waals surface area contributed by atoms with E-state index in [2.05, 4.69) is 34.4 Å². The van der Waals surface area contributed by atoms with Gasteiger partial charge in [-0.25, -0.2) is 9.97 Å². The third-order valence-corrected chi connectivity index (χ3v) is 7.01. The van der Waals surface area contributed by atoms with Crippen LogP contribution in [-0.2, 0) is 9.53 Å². The lowest BCUT2D eigenvalue weighted by molar-refractivity contribution is -0.117. The smallest absolute Gasteiger partial charge is 0.257 e. The van der Waals surface area contributed by atoms with Gasteiger partial charge in [0.25, 0.3) is 5.91 Å². The van der Waals surface area contributed by atoms with Gasteiger partial charge in [-0.1, -0.05) is 26.0 Å². The fraction of sp³-hybridized carbons (Fsp3) is 0.344. The zero-order valence-corrected chi connectivity index (χ0v) is 25.6. The molecular weight excluding hydrogens is 544 g/mol. The average Bonchev–Trinajstić information content (AvgIpc) is 3.36. The number of anilines is 2. The van der Waals surface area contributed by atoms with Crippen LogP contribution in [0.4, 0.5) is 11.5 Å². The number of carbonyl (C=O) groups is 2. The van der Waals surface area contributed by atoms with E-state index >= 15 is 0 Å². The number of hydrogen-bond donors (Lipinski definition) is 3. The van der Waals surface area contributed by atoms with Crippen LogP contribution in [0.5, 0.6) is 0 Å². The number of pyridine rings is 1. The van der Waals surface area contributed by atoms with Crippen LogP contribution < -0.4 is 16.4 Å². The van der Waals surface area contributed by atoms with Crippen molar-refractivity contribution in [3.63, 3.8) is 0 Å². The van der Waals surface area contributed by atoms with Crippen LogP contribution >= 0.6 is 0 Å². The third-order valence-electron chi connectivity index (χ3n) is 7.01. The number of nitrogens with two attached hydrogens (primary N) is 1. The van der Waals surface area contributed by atoms with Gasteiger partial charge < -0.3 is 26.0 Å². The van der Waals surface area contributed by atoms with Crippen molar-refractivity contribution in [3.05, 3.63) is 83.7 Å². The number of nitrogens with zero attached hydrogens (tertiary/aromatic N) is 5. The number of aromatic nitrogens is 4. The number of likely N-dealkylation sites (N-methyl/N-ethyl adjacent to an activating group) is 1. The van der Waals surface area contributed by atoms with Crippen molar-refractivity contribution >= 4 is 28.8 Å². The lowest BCUT2D eigenvalue weighted by Crippen LogP contribution is -2.29. The lowest BCUT2D eigenvalue weighted by Gasteiger charge is -2.17. The van der Waals surface area contributed by atoms with Gasteiger partial charge in [-0.2, -0.15) is 0 Å². The van der Waals surface area contributed by atoms with Crippen LogP contribution in [0.25, 0.3) is 16.8 Å². The second kappa shape index (κ2) is 14.0. The maximum absolute atomic E-state index is 13.3. The molecule has 43 heavy (non-hydrogen) atoms. The van der Waals surface area contributed by atoms with E-state index in [0.29, 0.717) is 59.3 Å². The van der Waals surface area contributed by atoms with Crippen LogP contribution in [0.2, 0.25) is 0 Å². The molecule has 0 radical (unpaired) electrons. The summed E-state index contributed by atoms with van der Waals surface area (Å²) in [5.74, 6) is 0.663. The Morgan fingerprint density at radius 1 is 1.19 bits per heavy atom. The first kappa shape index (κ1) is 31.3. The van der Waals surface area contributed by atoms with Gasteiger partial charge in [-0.05, 0) is 62.7 Å². The van der Waals surface area contributed by atoms with Crippen LogP contribution in [0.15, 0.2) is 61.2 Å². The Morgan fingerprint density at radius 3 is 2.67 bits per heavy atom. The highest BCUT2D eigenvalue weighted by Gasteiger charge is 2.24. The summed E-state index contributed by atoms with van der Waals surface area (Å²) < 4.78 is 7.14. The molecule has 2 amide bonds. The van der Waals surface area contributed by atoms with E-state index in [9.17, 15) is 9.59 Å². The van der Waals surface area contributed by atoms with Crippen molar-refractivity contribution in [2.24, 2.45) is 0 Å². The molecule has 1 aromatic carbocycles. The van der Waals surface area contributed by atoms with Gasteiger partial charge in [0.2, 0.25) is 5.91 Å². The minimum Gasteiger partial charge on any atom is -0.385 e. The Bertz CT molecular complexity index is 1630. The van der Waals surface area contributed by atoms with Gasteiger partial charge in [0.15, 0.2) is 0 Å². The Hall–Kier alpha value is -4.61. The maximum atomic E-state index is 13.3. The summed E-state index contributed by atoms with van der Waals surface area (Å²) in [7, 11) is 5.46. The maximum Gasteiger partial charge on any atom is 0.257 e. The number of carbonyl (C=O) groups excluding carboxylic acids is 2. The molecule has 0 aliphatic rings. The molecular formula is C32H40N8O3. The minimum atomic E-state index is -0.490. The summed E-state index contributed by atoms with van der Waals surface area (Å²) >= 11 is 0. The fourth-order valence-electron chi connectivity index (χ4n) is 4.92. The Labute approximate surface area is 252 Å². The Morgan fingerprint density at radius 2 is 1.98 bits per heavy atom. The molecule has 1 atom stereocenters. The first-order chi connectivity index (χ1) is 20.6. The first-order valence-corrected chi connectivity index (χ1v) is 14.2. The molecule has 0 saturated carbocycles. The molecule has 4 rings (SSSR count). The van der Waals surface area contributed by atoms with E-state index in [4.69, 9.17) is 15.5 Å². The predicted octanol–water partition coefficient (Wildman–Crippen LogP) is 4.37. The molecule has 11 heteroatoms. The largest absolute Gasteiger partial charge is 0.385 e. The van der Waals surface area contributed by atoms with Crippen molar-refractivity contribution < 1.29 is 14.3 Å². The molecule has 0 fully saturated rings. The van der Waals surface area contributed by atoms with E-state index in [1.165, 1.54) is 17.8 Å². The summed E-state index contributed by atoms with van der Waals surface area (Å²) in [5, 5.41) is 6.01. The number of benzene rings is 1. The van der Waals surface area contributed by atoms with Gasteiger partial charge in [0.1, 0.15) is 22.9 Å². The summed E-state index contributed by atoms with van der Waals surface area (Å²) in [6.45, 7) is 7.35. The summed E-state index contributed by atoms with van der Waals surface area (Å²) in [4.78, 5) is 41.6. The minimum absolute atomic E-state index is 0.250. The van der Waals surface area contributed by atoms with Crippen molar-refractivity contribution in [2.45, 2.75) is 39.2 Å². The summed E-state index contributed by atoms with van der Waals surface area (Å²) in [5.41, 5.74) is 11.4. The highest BCUT2D eigenvalue weighted by molar-refractivity contribution is 6.05. The van der Waals surface area contributed by atoms with Gasteiger partial charge >= 0.3 is 0 Å². The van der Waals surface area contributed by atoms with E-state index in [1.807, 2.05) is 48.5 Å². The molecule has 0 bridgehead atoms. The van der Waals surface area contributed by atoms with Gasteiger partial charge in [-0.15, -0.1) is 0 Å².